The molecule has 0 fully saturated rings. The lowest BCUT2D eigenvalue weighted by atomic mass is 9.99. The predicted molar refractivity (Wildman–Crippen MR) is 73.5 cm³/mol. The van der Waals surface area contributed by atoms with Gasteiger partial charge >= 0.3 is 0 Å². The fourth-order valence-corrected chi connectivity index (χ4v) is 2.45. The van der Waals surface area contributed by atoms with E-state index in [4.69, 9.17) is 11.6 Å². The molecule has 96 valence electrons. The van der Waals surface area contributed by atoms with Crippen molar-refractivity contribution in [3.8, 4) is 5.75 Å². The Balaban J connectivity index is 2.32. The first kappa shape index (κ1) is 14.3. The predicted octanol–water partition coefficient (Wildman–Crippen LogP) is 3.53. The molecule has 0 bridgehead atoms. The van der Waals surface area contributed by atoms with Gasteiger partial charge in [0.05, 0.1) is 0 Å². The van der Waals surface area contributed by atoms with Crippen LogP contribution in [0.2, 0.25) is 0 Å². The first-order chi connectivity index (χ1) is 8.17. The van der Waals surface area contributed by atoms with E-state index < -0.39 is 0 Å². The second kappa shape index (κ2) is 7.57. The molecular weight excluding hydrogens is 234 g/mol. The molecule has 2 nitrogen and oxygen atoms in total. The van der Waals surface area contributed by atoms with Crippen molar-refractivity contribution in [1.29, 1.82) is 0 Å². The summed E-state index contributed by atoms with van der Waals surface area (Å²) < 4.78 is 0. The molecule has 17 heavy (non-hydrogen) atoms. The van der Waals surface area contributed by atoms with Crippen LogP contribution in [0.4, 0.5) is 0 Å². The molecule has 1 rings (SSSR count). The molecule has 0 heterocycles. The van der Waals surface area contributed by atoms with Crippen LogP contribution in [-0.2, 0) is 6.54 Å². The number of halogens is 1. The van der Waals surface area contributed by atoms with Crippen LogP contribution in [-0.4, -0.2) is 17.0 Å². The molecular formula is C14H22ClNO. The van der Waals surface area contributed by atoms with Crippen LogP contribution in [0.5, 0.6) is 5.75 Å². The van der Waals surface area contributed by atoms with Gasteiger partial charge in [-0.2, -0.15) is 0 Å². The van der Waals surface area contributed by atoms with Gasteiger partial charge in [0.1, 0.15) is 5.75 Å². The molecule has 0 aliphatic heterocycles. The minimum Gasteiger partial charge on any atom is -0.508 e. The van der Waals surface area contributed by atoms with E-state index in [1.165, 1.54) is 0 Å². The summed E-state index contributed by atoms with van der Waals surface area (Å²) in [4.78, 5) is 0. The van der Waals surface area contributed by atoms with E-state index in [0.29, 0.717) is 11.7 Å². The van der Waals surface area contributed by atoms with Crippen LogP contribution in [0.25, 0.3) is 0 Å². The Morgan fingerprint density at radius 3 is 2.59 bits per heavy atom. The molecule has 3 heteroatoms. The van der Waals surface area contributed by atoms with Crippen LogP contribution in [0, 0.1) is 5.92 Å². The standard InChI is InChI=1S/C14H22ClNO/c1-3-12(4-2)14(15)10-16-9-11-6-5-7-13(17)8-11/h5-8,12,14,16-17H,3-4,9-10H2,1-2H3. The van der Waals surface area contributed by atoms with E-state index in [1.54, 1.807) is 12.1 Å². The van der Waals surface area contributed by atoms with Crippen molar-refractivity contribution < 1.29 is 5.11 Å². The van der Waals surface area contributed by atoms with Crippen LogP contribution in [0.1, 0.15) is 32.3 Å². The van der Waals surface area contributed by atoms with Crippen molar-refractivity contribution in [2.24, 2.45) is 5.92 Å². The molecule has 1 aromatic rings. The van der Waals surface area contributed by atoms with E-state index in [2.05, 4.69) is 19.2 Å². The molecule has 1 atom stereocenters. The Hall–Kier alpha value is -0.730. The fraction of sp³-hybridized carbons (Fsp3) is 0.571. The van der Waals surface area contributed by atoms with E-state index in [1.807, 2.05) is 12.1 Å². The maximum Gasteiger partial charge on any atom is 0.115 e. The van der Waals surface area contributed by atoms with Crippen LogP contribution in [0.15, 0.2) is 24.3 Å². The first-order valence-corrected chi connectivity index (χ1v) is 6.73. The zero-order valence-corrected chi connectivity index (χ0v) is 11.4. The molecule has 0 saturated carbocycles. The molecule has 0 radical (unpaired) electrons. The summed E-state index contributed by atoms with van der Waals surface area (Å²) in [6.45, 7) is 5.92. The average Bonchev–Trinajstić information content (AvgIpc) is 2.30. The number of hydrogen-bond donors (Lipinski definition) is 2. The Bertz CT molecular complexity index is 326. The Labute approximate surface area is 109 Å². The zero-order valence-electron chi connectivity index (χ0n) is 10.6. The molecule has 0 saturated heterocycles. The number of phenols is 1. The summed E-state index contributed by atoms with van der Waals surface area (Å²) >= 11 is 6.33. The van der Waals surface area contributed by atoms with Crippen molar-refractivity contribution >= 4 is 11.6 Å². The lowest BCUT2D eigenvalue weighted by molar-refractivity contribution is 0.445. The Morgan fingerprint density at radius 1 is 1.29 bits per heavy atom. The average molecular weight is 256 g/mol. The highest BCUT2D eigenvalue weighted by atomic mass is 35.5. The highest BCUT2D eigenvalue weighted by Gasteiger charge is 2.14. The van der Waals surface area contributed by atoms with Crippen molar-refractivity contribution in [1.82, 2.24) is 5.32 Å². The van der Waals surface area contributed by atoms with E-state index in [9.17, 15) is 5.11 Å². The van der Waals surface area contributed by atoms with Crippen LogP contribution < -0.4 is 5.32 Å². The normalized spacial score (nSPS) is 12.9. The van der Waals surface area contributed by atoms with Crippen molar-refractivity contribution in [2.45, 2.75) is 38.6 Å². The third-order valence-corrected chi connectivity index (χ3v) is 3.65. The lowest BCUT2D eigenvalue weighted by Crippen LogP contribution is -2.28. The molecule has 0 aromatic heterocycles. The fourth-order valence-electron chi connectivity index (χ4n) is 1.99. The molecule has 0 amide bonds. The number of alkyl halides is 1. The lowest BCUT2D eigenvalue weighted by Gasteiger charge is -2.19. The maximum absolute atomic E-state index is 9.33. The number of hydrogen-bond acceptors (Lipinski definition) is 2. The van der Waals surface area contributed by atoms with Gasteiger partial charge in [-0.15, -0.1) is 11.6 Å². The largest absolute Gasteiger partial charge is 0.508 e. The topological polar surface area (TPSA) is 32.3 Å². The molecule has 0 aliphatic rings. The van der Waals surface area contributed by atoms with Gasteiger partial charge in [-0.3, -0.25) is 0 Å². The van der Waals surface area contributed by atoms with E-state index >= 15 is 0 Å². The summed E-state index contributed by atoms with van der Waals surface area (Å²) in [5, 5.41) is 12.8. The van der Waals surface area contributed by atoms with Gasteiger partial charge in [0, 0.05) is 18.5 Å². The number of aromatic hydroxyl groups is 1. The van der Waals surface area contributed by atoms with Gasteiger partial charge in [0.15, 0.2) is 0 Å². The van der Waals surface area contributed by atoms with Crippen molar-refractivity contribution in [3.63, 3.8) is 0 Å². The van der Waals surface area contributed by atoms with E-state index in [0.717, 1.165) is 31.5 Å². The second-order valence-corrected chi connectivity index (χ2v) is 4.95. The van der Waals surface area contributed by atoms with Crippen LogP contribution in [0.3, 0.4) is 0 Å². The van der Waals surface area contributed by atoms with Gasteiger partial charge in [-0.1, -0.05) is 38.8 Å². The summed E-state index contributed by atoms with van der Waals surface area (Å²) in [5.74, 6) is 0.889. The van der Waals surface area contributed by atoms with Gasteiger partial charge in [-0.05, 0) is 23.6 Å². The first-order valence-electron chi connectivity index (χ1n) is 6.30. The number of nitrogens with one attached hydrogen (secondary N) is 1. The van der Waals surface area contributed by atoms with Gasteiger partial charge in [0.25, 0.3) is 0 Å². The molecule has 0 aliphatic carbocycles. The number of rotatable bonds is 7. The zero-order chi connectivity index (χ0) is 12.7. The minimum atomic E-state index is 0.183. The minimum absolute atomic E-state index is 0.183. The van der Waals surface area contributed by atoms with Gasteiger partial charge in [0.2, 0.25) is 0 Å². The van der Waals surface area contributed by atoms with Gasteiger partial charge in [-0.25, -0.2) is 0 Å². The molecule has 1 aromatic carbocycles. The monoisotopic (exact) mass is 255 g/mol. The molecule has 1 unspecified atom stereocenters. The van der Waals surface area contributed by atoms with Crippen molar-refractivity contribution in [2.75, 3.05) is 6.54 Å². The summed E-state index contributed by atoms with van der Waals surface area (Å²) in [7, 11) is 0. The Kier molecular flexibility index (Phi) is 6.38. The van der Waals surface area contributed by atoms with Crippen LogP contribution >= 0.6 is 11.6 Å². The number of phenolic OH excluding ortho intramolecular Hbond substituents is 1. The second-order valence-electron chi connectivity index (χ2n) is 4.39. The quantitative estimate of drug-likeness (QED) is 0.731. The SMILES string of the molecule is CCC(CC)C(Cl)CNCc1cccc(O)c1. The third-order valence-electron chi connectivity index (χ3n) is 3.14. The van der Waals surface area contributed by atoms with Crippen molar-refractivity contribution in [3.05, 3.63) is 29.8 Å². The summed E-state index contributed by atoms with van der Waals surface area (Å²) in [6.07, 6.45) is 2.25. The van der Waals surface area contributed by atoms with Gasteiger partial charge < -0.3 is 10.4 Å². The molecule has 2 N–H and O–H groups in total. The maximum atomic E-state index is 9.33. The smallest absolute Gasteiger partial charge is 0.115 e. The highest BCUT2D eigenvalue weighted by molar-refractivity contribution is 6.21. The highest BCUT2D eigenvalue weighted by Crippen LogP contribution is 2.18. The summed E-state index contributed by atoms with van der Waals surface area (Å²) in [6, 6.07) is 7.30. The van der Waals surface area contributed by atoms with E-state index in [-0.39, 0.29) is 5.38 Å². The third kappa shape index (κ3) is 4.97. The summed E-state index contributed by atoms with van der Waals surface area (Å²) in [5.41, 5.74) is 1.08. The molecule has 0 spiro atoms. The number of benzene rings is 1. The Morgan fingerprint density at radius 2 is 2.00 bits per heavy atom.